The van der Waals surface area contributed by atoms with Crippen molar-refractivity contribution in [3.63, 3.8) is 0 Å². The number of carbonyl (C=O) groups is 2. The topological polar surface area (TPSA) is 186 Å². The fourth-order valence-electron chi connectivity index (χ4n) is 28.9. The average Bonchev–Trinajstić information content (AvgIpc) is 1.59. The van der Waals surface area contributed by atoms with E-state index in [1.54, 1.807) is 6.08 Å². The van der Waals surface area contributed by atoms with E-state index < -0.39 is 92.3 Å². The van der Waals surface area contributed by atoms with Crippen molar-refractivity contribution in [3.05, 3.63) is 118 Å². The second kappa shape index (κ2) is 20.4. The normalized spacial score (nSPS) is 50.5. The number of hydrogen-bond donors (Lipinski definition) is 7. The second-order valence-corrected chi connectivity index (χ2v) is 34.2. The number of aldehydes is 1. The first-order chi connectivity index (χ1) is 44.0. The summed E-state index contributed by atoms with van der Waals surface area (Å²) in [4.78, 5) is 30.8. The predicted octanol–water partition coefficient (Wildman–Crippen LogP) is 10.7. The molecule has 19 rings (SSSR count). The molecule has 4 spiro atoms. The van der Waals surface area contributed by atoms with Crippen molar-refractivity contribution < 1.29 is 49.7 Å². The van der Waals surface area contributed by atoms with Gasteiger partial charge in [0.25, 0.3) is 0 Å². The highest BCUT2D eigenvalue weighted by Crippen LogP contribution is 2.87. The third kappa shape index (κ3) is 7.32. The molecule has 26 atom stereocenters. The van der Waals surface area contributed by atoms with Crippen LogP contribution in [0.3, 0.4) is 0 Å². The van der Waals surface area contributed by atoms with Gasteiger partial charge in [0.1, 0.15) is 23.6 Å². The maximum Gasteiger partial charge on any atom is 0.331 e. The van der Waals surface area contributed by atoms with Crippen LogP contribution in [0.4, 0.5) is 0 Å². The number of ether oxygens (including phenoxy) is 2. The predicted molar refractivity (Wildman–Crippen MR) is 343 cm³/mol. The van der Waals surface area contributed by atoms with Crippen molar-refractivity contribution in [1.29, 1.82) is 0 Å². The number of esters is 1. The summed E-state index contributed by atoms with van der Waals surface area (Å²) in [6, 6.07) is 26.3. The number of rotatable bonds is 5. The number of aliphatic hydroxyl groups excluding tert-OH is 3. The molecule has 3 aromatic rings. The number of aliphatic hydroxyl groups is 6. The largest absolute Gasteiger partial charge is 0.454 e. The lowest BCUT2D eigenvalue weighted by Crippen LogP contribution is -2.88. The molecule has 13 aliphatic carbocycles. The van der Waals surface area contributed by atoms with E-state index in [1.807, 2.05) is 25.2 Å². The number of hydrogen-bond acceptors (Lipinski definition) is 11. The number of nitrogens with one attached hydrogen (secondary N) is 1. The van der Waals surface area contributed by atoms with Gasteiger partial charge in [-0.25, -0.2) is 4.79 Å². The molecule has 7 N–H and O–H groups in total. The van der Waals surface area contributed by atoms with Crippen molar-refractivity contribution in [1.82, 2.24) is 5.32 Å². The lowest BCUT2D eigenvalue weighted by atomic mass is 9.29. The molecule has 0 aromatic heterocycles. The monoisotopic (exact) mass is 1230 g/mol. The smallest absolute Gasteiger partial charge is 0.331 e. The van der Waals surface area contributed by atoms with Crippen LogP contribution in [-0.4, -0.2) is 104 Å². The lowest BCUT2D eigenvalue weighted by molar-refractivity contribution is -0.407. The molecule has 11 nitrogen and oxygen atoms in total. The number of carbonyl (C=O) groups excluding carboxylic acids is 2. The molecule has 0 radical (unpaired) electrons. The van der Waals surface area contributed by atoms with Crippen molar-refractivity contribution in [2.75, 3.05) is 13.7 Å². The van der Waals surface area contributed by atoms with Crippen LogP contribution >= 0.6 is 0 Å². The highest BCUT2D eigenvalue weighted by atomic mass is 16.5. The molecule has 91 heavy (non-hydrogen) atoms. The molecular weight excluding hydrogens is 1130 g/mol. The summed E-state index contributed by atoms with van der Waals surface area (Å²) in [7, 11) is 1.93. The van der Waals surface area contributed by atoms with E-state index in [9.17, 15) is 20.1 Å². The van der Waals surface area contributed by atoms with Crippen molar-refractivity contribution in [2.45, 2.75) is 227 Å². The van der Waals surface area contributed by atoms with Crippen LogP contribution in [0.15, 0.2) is 84.4 Å². The average molecular weight is 1230 g/mol. The zero-order chi connectivity index (χ0) is 62.0. The minimum absolute atomic E-state index is 0.0223. The molecule has 3 aliphatic heterocycles. The Labute approximate surface area is 538 Å². The highest BCUT2D eigenvalue weighted by Gasteiger charge is 2.91. The number of fused-ring (bicyclic) bond motifs is 12. The van der Waals surface area contributed by atoms with Gasteiger partial charge < -0.3 is 50.2 Å². The SMILES string of the molecule is CN[C@H]1Cc2c(cccc2CO)C#CC2(CCCC2)C[C@]23CC[C@H]4[C@@](O)([C@@H](O)[C@@H]5C[C@H]6CC[C@@H]7[C@H]8O[C@H](Cc9cccc(c9)C[C@@H]9CC[C@H](C9)[C@@H]6C)[C@@H]6CC[C@@]9%10CC[C@H](c%11ccccc%11)C[C@@H]9C[C@@H]6[C@@]8%10C[C@@]4(C=O)[C@@]75O)[C@@]2(O)C[C@H]2C[C@@H]1[C@H]1OC(=O)C=C1[C@@]23CO. The maximum atomic E-state index is 16.4. The van der Waals surface area contributed by atoms with E-state index in [4.69, 9.17) is 9.47 Å². The summed E-state index contributed by atoms with van der Waals surface area (Å²) >= 11 is 0. The fourth-order valence-corrected chi connectivity index (χ4v) is 28.9. The van der Waals surface area contributed by atoms with Gasteiger partial charge in [0.05, 0.1) is 42.5 Å². The van der Waals surface area contributed by atoms with E-state index >= 15 is 20.1 Å². The van der Waals surface area contributed by atoms with Crippen LogP contribution in [0, 0.1) is 115 Å². The van der Waals surface area contributed by atoms with Crippen LogP contribution in [0.25, 0.3) is 0 Å². The quantitative estimate of drug-likeness (QED) is 0.0733. The molecule has 16 aliphatic rings. The first-order valence-electron chi connectivity index (χ1n) is 36.6. The zero-order valence-corrected chi connectivity index (χ0v) is 53.9. The Balaban J connectivity index is 0.867. The Hall–Kier alpha value is -4.22. The molecule has 16 bridgehead atoms. The maximum absolute atomic E-state index is 16.4. The first-order valence-corrected chi connectivity index (χ1v) is 36.6. The minimum Gasteiger partial charge on any atom is -0.454 e. The third-order valence-corrected chi connectivity index (χ3v) is 32.2. The van der Waals surface area contributed by atoms with Gasteiger partial charge in [-0.3, -0.25) is 0 Å². The Morgan fingerprint density at radius 1 is 0.736 bits per heavy atom. The molecule has 12 fully saturated rings. The van der Waals surface area contributed by atoms with Crippen LogP contribution < -0.4 is 5.32 Å². The minimum atomic E-state index is -2.37. The molecule has 0 amide bonds. The van der Waals surface area contributed by atoms with Crippen LogP contribution in [0.1, 0.15) is 187 Å². The molecular formula is C80H99NO10. The van der Waals surface area contributed by atoms with Gasteiger partial charge in [0.15, 0.2) is 0 Å². The summed E-state index contributed by atoms with van der Waals surface area (Å²) in [5, 5.41) is 89.7. The Kier molecular flexibility index (Phi) is 13.3. The third-order valence-electron chi connectivity index (χ3n) is 32.2. The van der Waals surface area contributed by atoms with E-state index in [2.05, 4.69) is 78.7 Å². The second-order valence-electron chi connectivity index (χ2n) is 34.2. The van der Waals surface area contributed by atoms with E-state index in [0.717, 1.165) is 126 Å². The molecule has 11 heteroatoms. The Morgan fingerprint density at radius 2 is 1.52 bits per heavy atom. The molecule has 0 unspecified atom stereocenters. The zero-order valence-electron chi connectivity index (χ0n) is 53.9. The lowest BCUT2D eigenvalue weighted by Gasteiger charge is -2.78. The Bertz CT molecular complexity index is 3550. The summed E-state index contributed by atoms with van der Waals surface area (Å²) in [5.74, 6) is 6.27. The van der Waals surface area contributed by atoms with E-state index in [0.29, 0.717) is 67.8 Å². The summed E-state index contributed by atoms with van der Waals surface area (Å²) in [6.45, 7) is 1.87. The van der Waals surface area contributed by atoms with Crippen LogP contribution in [0.2, 0.25) is 0 Å². The van der Waals surface area contributed by atoms with Gasteiger partial charge in [0, 0.05) is 63.0 Å². The molecule has 484 valence electrons. The summed E-state index contributed by atoms with van der Waals surface area (Å²) in [6.07, 6.45) is 18.6. The first kappa shape index (κ1) is 59.3. The van der Waals surface area contributed by atoms with Gasteiger partial charge in [-0.05, 0) is 253 Å². The van der Waals surface area contributed by atoms with Crippen molar-refractivity contribution >= 4 is 12.3 Å². The molecule has 3 aromatic carbocycles. The van der Waals surface area contributed by atoms with Crippen LogP contribution in [0.5, 0.6) is 0 Å². The van der Waals surface area contributed by atoms with Gasteiger partial charge in [-0.2, -0.15) is 0 Å². The molecule has 1 saturated heterocycles. The van der Waals surface area contributed by atoms with Gasteiger partial charge in [-0.1, -0.05) is 98.3 Å². The van der Waals surface area contributed by atoms with Crippen molar-refractivity contribution in [2.24, 2.45) is 104 Å². The number of likely N-dealkylation sites (N-methyl/N-ethyl adjacent to an activating group) is 1. The number of benzene rings is 3. The fraction of sp³-hybridized carbons (Fsp3) is 0.700. The van der Waals surface area contributed by atoms with Gasteiger partial charge >= 0.3 is 5.97 Å². The van der Waals surface area contributed by atoms with Gasteiger partial charge in [0.2, 0.25) is 0 Å². The highest BCUT2D eigenvalue weighted by molar-refractivity contribution is 5.87. The van der Waals surface area contributed by atoms with Gasteiger partial charge in [-0.15, -0.1) is 0 Å². The van der Waals surface area contributed by atoms with E-state index in [-0.39, 0.29) is 79.1 Å². The Morgan fingerprint density at radius 3 is 2.31 bits per heavy atom. The standard InChI is InChI=1S/C80H99NO10/c1-46-52-17-16-49(32-52)31-47-10-8-11-48(30-47)33-66-58-22-28-73-27-21-54(50-12-4-3-5-13-50)34-56(73)37-62(58)76(73)43-74(44-83)67-23-29-75-42-72(24-6-7-25-72)26-20-51-14-9-15-55(41-82)59(51)38-65(81-2)60-36-57(77(75,45-84)63-39-68(85)91-69(60)63)40-78(75,87)80(67,89)70(86)64-35-53(46)18-19-61(71(76)90-66)79(64,74)88/h3-5,8-15,30,39,44,46,49,52-54,56-58,60-62,64-67,69-71,81-82,84,86-89H,6-7,16-19,21-25,27-29,31-38,40-43,45H2,1-2H3/t46-,49-,52+,53+,54-,56+,57+,58+,60-,61+,62-,64-,65-,66+,67+,69+,70-,71+,73-,74-,75-,76-,77+,78+,79+,80+/m0/s1. The molecule has 3 heterocycles. The van der Waals surface area contributed by atoms with Crippen molar-refractivity contribution in [3.8, 4) is 11.8 Å². The van der Waals surface area contributed by atoms with E-state index in [1.165, 1.54) is 16.7 Å². The van der Waals surface area contributed by atoms with Crippen LogP contribution in [-0.2, 0) is 44.9 Å². The molecule has 11 saturated carbocycles. The summed E-state index contributed by atoms with van der Waals surface area (Å²) in [5.41, 5.74) is -4.67. The summed E-state index contributed by atoms with van der Waals surface area (Å²) < 4.78 is 14.9.